The van der Waals surface area contributed by atoms with Crippen LogP contribution < -0.4 is 4.74 Å². The summed E-state index contributed by atoms with van der Waals surface area (Å²) >= 11 is 0. The van der Waals surface area contributed by atoms with Crippen molar-refractivity contribution in [1.82, 2.24) is 39.7 Å². The van der Waals surface area contributed by atoms with Crippen molar-refractivity contribution in [1.29, 1.82) is 0 Å². The number of nitrogens with one attached hydrogen (secondary N) is 1. The number of nitrogens with zero attached hydrogens (tertiary/aromatic N) is 7. The molecule has 3 aromatic carbocycles. The molecule has 0 aliphatic rings. The highest BCUT2D eigenvalue weighted by Gasteiger charge is 2.22. The summed E-state index contributed by atoms with van der Waals surface area (Å²) < 4.78 is 9.63. The highest BCUT2D eigenvalue weighted by Crippen LogP contribution is 2.26. The van der Waals surface area contributed by atoms with Crippen LogP contribution in [0.1, 0.15) is 17.0 Å². The van der Waals surface area contributed by atoms with Gasteiger partial charge in [0.1, 0.15) is 18.1 Å². The van der Waals surface area contributed by atoms with Gasteiger partial charge in [-0.1, -0.05) is 78.4 Å². The van der Waals surface area contributed by atoms with Gasteiger partial charge in [-0.15, -0.1) is 15.3 Å². The summed E-state index contributed by atoms with van der Waals surface area (Å²) in [5, 5.41) is 21.3. The van der Waals surface area contributed by atoms with E-state index in [-0.39, 0.29) is 6.61 Å². The van der Waals surface area contributed by atoms with Crippen molar-refractivity contribution in [3.05, 3.63) is 102 Å². The maximum Gasteiger partial charge on any atom is 0.254 e. The van der Waals surface area contributed by atoms with Gasteiger partial charge in [-0.2, -0.15) is 9.78 Å². The average Bonchev–Trinajstić information content (AvgIpc) is 3.67. The molecule has 188 valence electrons. The Morgan fingerprint density at radius 1 is 0.816 bits per heavy atom. The molecule has 0 aliphatic carbocycles. The van der Waals surface area contributed by atoms with Gasteiger partial charge in [-0.05, 0) is 31.5 Å². The molecule has 0 fully saturated rings. The lowest BCUT2D eigenvalue weighted by Crippen LogP contribution is -2.08. The molecule has 0 atom stereocenters. The Kier molecular flexibility index (Phi) is 6.01. The van der Waals surface area contributed by atoms with Crippen molar-refractivity contribution in [3.63, 3.8) is 0 Å². The molecule has 38 heavy (non-hydrogen) atoms. The molecule has 1 N–H and O–H groups in total. The SMILES string of the molecule is Cc1ccc(-c2cc(-c3nc(COc4ccccc4C)nn3-c3nnc(-c4ccccc4)n3C)[nH]n2)cc1. The summed E-state index contributed by atoms with van der Waals surface area (Å²) in [7, 11) is 1.91. The van der Waals surface area contributed by atoms with E-state index in [4.69, 9.17) is 14.8 Å². The number of H-pyrrole nitrogens is 1. The lowest BCUT2D eigenvalue weighted by Gasteiger charge is -2.06. The van der Waals surface area contributed by atoms with Crippen LogP contribution in [-0.4, -0.2) is 39.7 Å². The monoisotopic (exact) mass is 502 g/mol. The van der Waals surface area contributed by atoms with Crippen molar-refractivity contribution in [2.75, 3.05) is 0 Å². The third kappa shape index (κ3) is 4.45. The molecule has 0 aliphatic heterocycles. The number of para-hydroxylation sites is 1. The molecule has 0 bridgehead atoms. The van der Waals surface area contributed by atoms with Crippen LogP contribution in [0.25, 0.3) is 40.1 Å². The van der Waals surface area contributed by atoms with Crippen LogP contribution in [0, 0.1) is 13.8 Å². The Morgan fingerprint density at radius 2 is 1.58 bits per heavy atom. The summed E-state index contributed by atoms with van der Waals surface area (Å²) in [6, 6.07) is 28.0. The summed E-state index contributed by atoms with van der Waals surface area (Å²) in [4.78, 5) is 4.82. The molecule has 9 nitrogen and oxygen atoms in total. The normalized spacial score (nSPS) is 11.1. The number of hydrogen-bond acceptors (Lipinski definition) is 6. The minimum absolute atomic E-state index is 0.202. The second-order valence-electron chi connectivity index (χ2n) is 9.10. The Bertz CT molecular complexity index is 1700. The average molecular weight is 503 g/mol. The second-order valence-corrected chi connectivity index (χ2v) is 9.10. The van der Waals surface area contributed by atoms with Gasteiger partial charge in [0.25, 0.3) is 5.95 Å². The van der Waals surface area contributed by atoms with E-state index in [9.17, 15) is 0 Å². The van der Waals surface area contributed by atoms with Crippen molar-refractivity contribution >= 4 is 0 Å². The number of aromatic nitrogens is 8. The lowest BCUT2D eigenvalue weighted by atomic mass is 10.1. The van der Waals surface area contributed by atoms with E-state index in [1.54, 1.807) is 4.68 Å². The first-order valence-electron chi connectivity index (χ1n) is 12.3. The minimum Gasteiger partial charge on any atom is -0.485 e. The highest BCUT2D eigenvalue weighted by molar-refractivity contribution is 5.66. The van der Waals surface area contributed by atoms with Gasteiger partial charge in [0, 0.05) is 18.2 Å². The van der Waals surface area contributed by atoms with Crippen LogP contribution in [-0.2, 0) is 13.7 Å². The van der Waals surface area contributed by atoms with Crippen LogP contribution in [0.15, 0.2) is 84.9 Å². The Labute approximate surface area is 219 Å². The van der Waals surface area contributed by atoms with Gasteiger partial charge in [0.05, 0.1) is 5.69 Å². The molecule has 0 spiro atoms. The third-order valence-corrected chi connectivity index (χ3v) is 6.34. The molecule has 6 rings (SSSR count). The molecular weight excluding hydrogens is 476 g/mol. The maximum absolute atomic E-state index is 6.05. The minimum atomic E-state index is 0.202. The first kappa shape index (κ1) is 23.4. The van der Waals surface area contributed by atoms with Gasteiger partial charge < -0.3 is 4.74 Å². The van der Waals surface area contributed by atoms with E-state index in [1.165, 1.54) is 5.56 Å². The van der Waals surface area contributed by atoms with Crippen molar-refractivity contribution in [2.45, 2.75) is 20.5 Å². The van der Waals surface area contributed by atoms with Crippen LogP contribution in [0.2, 0.25) is 0 Å². The number of rotatable bonds is 7. The predicted molar refractivity (Wildman–Crippen MR) is 145 cm³/mol. The molecule has 0 amide bonds. The number of benzene rings is 3. The zero-order valence-electron chi connectivity index (χ0n) is 21.3. The lowest BCUT2D eigenvalue weighted by molar-refractivity contribution is 0.294. The van der Waals surface area contributed by atoms with Crippen molar-refractivity contribution in [3.8, 4) is 45.9 Å². The van der Waals surface area contributed by atoms with E-state index >= 15 is 0 Å². The molecule has 3 heterocycles. The molecule has 3 aromatic heterocycles. The van der Waals surface area contributed by atoms with Gasteiger partial charge in [-0.25, -0.2) is 4.98 Å². The first-order valence-corrected chi connectivity index (χ1v) is 12.3. The Morgan fingerprint density at radius 3 is 2.37 bits per heavy atom. The van der Waals surface area contributed by atoms with E-state index in [1.807, 2.05) is 79.2 Å². The van der Waals surface area contributed by atoms with Crippen molar-refractivity contribution in [2.24, 2.45) is 7.05 Å². The smallest absolute Gasteiger partial charge is 0.254 e. The molecular formula is C29H26N8O. The van der Waals surface area contributed by atoms with E-state index in [0.29, 0.717) is 23.3 Å². The topological polar surface area (TPSA) is 99.3 Å². The standard InChI is InChI=1S/C29H26N8O/c1-19-13-15-21(16-14-19)23-17-24(32-31-23)28-30-26(18-38-25-12-8-7-9-20(25)2)35-37(28)29-34-33-27(36(29)3)22-10-5-4-6-11-22/h4-17H,18H2,1-3H3,(H,31,32). The first-order chi connectivity index (χ1) is 18.6. The number of aromatic amines is 1. The maximum atomic E-state index is 6.05. The summed E-state index contributed by atoms with van der Waals surface area (Å²) in [5.74, 6) is 3.12. The van der Waals surface area contributed by atoms with E-state index in [2.05, 4.69) is 51.6 Å². The number of aryl methyl sites for hydroxylation is 2. The molecule has 9 heteroatoms. The zero-order valence-corrected chi connectivity index (χ0v) is 21.3. The predicted octanol–water partition coefficient (Wildman–Crippen LogP) is 5.32. The zero-order chi connectivity index (χ0) is 26.1. The quantitative estimate of drug-likeness (QED) is 0.317. The fraction of sp³-hybridized carbons (Fsp3) is 0.138. The molecule has 0 radical (unpaired) electrons. The second kappa shape index (κ2) is 9.78. The largest absolute Gasteiger partial charge is 0.485 e. The van der Waals surface area contributed by atoms with Crippen LogP contribution in [0.3, 0.4) is 0 Å². The Balaban J connectivity index is 1.40. The van der Waals surface area contributed by atoms with E-state index in [0.717, 1.165) is 34.0 Å². The third-order valence-electron chi connectivity index (χ3n) is 6.34. The molecule has 0 saturated carbocycles. The van der Waals surface area contributed by atoms with Crippen LogP contribution >= 0.6 is 0 Å². The van der Waals surface area contributed by atoms with Gasteiger partial charge in [0.2, 0.25) is 0 Å². The highest BCUT2D eigenvalue weighted by atomic mass is 16.5. The summed E-state index contributed by atoms with van der Waals surface area (Å²) in [6.45, 7) is 4.27. The number of ether oxygens (including phenoxy) is 1. The molecule has 0 unspecified atom stereocenters. The van der Waals surface area contributed by atoms with Gasteiger partial charge in [0.15, 0.2) is 17.5 Å². The Hall–Kier alpha value is -5.05. The molecule has 0 saturated heterocycles. The summed E-state index contributed by atoms with van der Waals surface area (Å²) in [5.41, 5.74) is 5.73. The van der Waals surface area contributed by atoms with Gasteiger partial charge in [-0.3, -0.25) is 9.67 Å². The van der Waals surface area contributed by atoms with Gasteiger partial charge >= 0.3 is 0 Å². The van der Waals surface area contributed by atoms with Crippen LogP contribution in [0.4, 0.5) is 0 Å². The van der Waals surface area contributed by atoms with Crippen LogP contribution in [0.5, 0.6) is 5.75 Å². The fourth-order valence-electron chi connectivity index (χ4n) is 4.24. The van der Waals surface area contributed by atoms with E-state index < -0.39 is 0 Å². The number of hydrogen-bond donors (Lipinski definition) is 1. The molecule has 6 aromatic rings. The van der Waals surface area contributed by atoms with Crippen molar-refractivity contribution < 1.29 is 4.74 Å². The fourth-order valence-corrected chi connectivity index (χ4v) is 4.24. The summed E-state index contributed by atoms with van der Waals surface area (Å²) in [6.07, 6.45) is 0.